The summed E-state index contributed by atoms with van der Waals surface area (Å²) in [6, 6.07) is 17.8. The number of hydrogen-bond acceptors (Lipinski definition) is 4. The lowest BCUT2D eigenvalue weighted by Gasteiger charge is -2.34. The summed E-state index contributed by atoms with van der Waals surface area (Å²) in [6.45, 7) is 4.31. The van der Waals surface area contributed by atoms with Gasteiger partial charge in [-0.25, -0.2) is 0 Å². The summed E-state index contributed by atoms with van der Waals surface area (Å²) < 4.78 is 8.15. The molecule has 3 N–H and O–H groups in total. The Morgan fingerprint density at radius 3 is 2.35 bits per heavy atom. The van der Waals surface area contributed by atoms with E-state index in [1.165, 1.54) is 12.8 Å². The molecule has 6 heteroatoms. The van der Waals surface area contributed by atoms with Crippen LogP contribution in [-0.2, 0) is 0 Å². The number of fused-ring (bicyclic) bond motifs is 1. The first-order valence-corrected chi connectivity index (χ1v) is 12.6. The summed E-state index contributed by atoms with van der Waals surface area (Å²) in [7, 11) is 0. The summed E-state index contributed by atoms with van der Waals surface area (Å²) in [5.74, 6) is 1.96. The van der Waals surface area contributed by atoms with E-state index in [1.807, 2.05) is 54.6 Å². The summed E-state index contributed by atoms with van der Waals surface area (Å²) in [5.41, 5.74) is 9.20. The first kappa shape index (κ1) is 22.7. The van der Waals surface area contributed by atoms with Gasteiger partial charge in [-0.05, 0) is 87.0 Å². The van der Waals surface area contributed by atoms with E-state index in [0.717, 1.165) is 61.5 Å². The van der Waals surface area contributed by atoms with Gasteiger partial charge in [0.15, 0.2) is 0 Å². The van der Waals surface area contributed by atoms with Crippen LogP contribution in [-0.4, -0.2) is 28.8 Å². The predicted octanol–water partition coefficient (Wildman–Crippen LogP) is 5.66. The third kappa shape index (κ3) is 4.60. The molecule has 2 aromatic carbocycles. The van der Waals surface area contributed by atoms with Gasteiger partial charge in [0.05, 0.1) is 17.3 Å². The van der Waals surface area contributed by atoms with E-state index in [2.05, 4.69) is 16.9 Å². The monoisotopic (exact) mass is 458 g/mol. The number of nitrogens with zero attached hydrogens (tertiary/aromatic N) is 2. The number of carbonyl (C=O) groups is 1. The Bertz CT molecular complexity index is 1120. The molecule has 0 bridgehead atoms. The van der Waals surface area contributed by atoms with Crippen molar-refractivity contribution in [3.8, 4) is 22.8 Å². The quantitative estimate of drug-likeness (QED) is 0.517. The Morgan fingerprint density at radius 2 is 1.65 bits per heavy atom. The van der Waals surface area contributed by atoms with E-state index in [4.69, 9.17) is 15.6 Å². The van der Waals surface area contributed by atoms with Gasteiger partial charge in [-0.1, -0.05) is 38.0 Å². The number of carbonyl (C=O) groups excluding carboxylic acids is 1. The number of primary amides is 1. The van der Waals surface area contributed by atoms with Crippen molar-refractivity contribution in [2.24, 2.45) is 11.7 Å². The second-order valence-corrected chi connectivity index (χ2v) is 9.70. The van der Waals surface area contributed by atoms with E-state index >= 15 is 0 Å². The first-order valence-electron chi connectivity index (χ1n) is 12.6. The molecule has 5 rings (SSSR count). The van der Waals surface area contributed by atoms with Gasteiger partial charge in [0, 0.05) is 5.56 Å². The Labute approximate surface area is 201 Å². The number of aromatic nitrogens is 2. The average molecular weight is 459 g/mol. The molecular weight excluding hydrogens is 424 g/mol. The second-order valence-electron chi connectivity index (χ2n) is 9.70. The Balaban J connectivity index is 1.54. The lowest BCUT2D eigenvalue weighted by molar-refractivity contribution is 0.0998. The first-order chi connectivity index (χ1) is 16.6. The molecule has 6 nitrogen and oxygen atoms in total. The summed E-state index contributed by atoms with van der Waals surface area (Å²) in [4.78, 5) is 12.8. The number of nitrogens with one attached hydrogen (secondary N) is 1. The molecule has 2 aliphatic rings. The van der Waals surface area contributed by atoms with Crippen LogP contribution >= 0.6 is 0 Å². The molecule has 0 spiro atoms. The van der Waals surface area contributed by atoms with Crippen LogP contribution in [0, 0.1) is 5.92 Å². The van der Waals surface area contributed by atoms with Crippen molar-refractivity contribution in [2.75, 3.05) is 13.1 Å². The number of para-hydroxylation sites is 1. The maximum Gasteiger partial charge on any atom is 0.252 e. The van der Waals surface area contributed by atoms with E-state index < -0.39 is 5.91 Å². The highest BCUT2D eigenvalue weighted by atomic mass is 16.5. The van der Waals surface area contributed by atoms with Gasteiger partial charge in [0.25, 0.3) is 5.91 Å². The molecule has 3 heterocycles. The molecule has 0 radical (unpaired) electrons. The number of benzene rings is 2. The van der Waals surface area contributed by atoms with Crippen molar-refractivity contribution in [1.82, 2.24) is 15.1 Å². The zero-order valence-corrected chi connectivity index (χ0v) is 19.9. The highest BCUT2D eigenvalue weighted by Gasteiger charge is 2.34. The smallest absolute Gasteiger partial charge is 0.252 e. The van der Waals surface area contributed by atoms with Crippen LogP contribution in [0.4, 0.5) is 0 Å². The largest absolute Gasteiger partial charge is 0.457 e. The standard InChI is InChI=1S/C28H34N4O2/c1-19-7-5-6-10-24(20-15-17-30-18-16-20)32-27(19)25(28(29)33)26(31-32)21-11-13-23(14-12-21)34-22-8-3-2-4-9-22/h2-4,8-9,11-14,19-20,24,30H,5-7,10,15-18H2,1H3,(H2,29,33). The molecule has 0 saturated carbocycles. The molecule has 34 heavy (non-hydrogen) atoms. The van der Waals surface area contributed by atoms with Crippen molar-refractivity contribution >= 4 is 5.91 Å². The fourth-order valence-corrected chi connectivity index (χ4v) is 5.65. The molecule has 2 aliphatic heterocycles. The minimum absolute atomic E-state index is 0.244. The zero-order valence-electron chi connectivity index (χ0n) is 19.9. The topological polar surface area (TPSA) is 82.2 Å². The maximum absolute atomic E-state index is 12.8. The van der Waals surface area contributed by atoms with Crippen molar-refractivity contribution in [1.29, 1.82) is 0 Å². The molecule has 1 saturated heterocycles. The normalized spacial score (nSPS) is 21.3. The molecule has 1 aromatic heterocycles. The fourth-order valence-electron chi connectivity index (χ4n) is 5.65. The van der Waals surface area contributed by atoms with Gasteiger partial charge >= 0.3 is 0 Å². The molecule has 1 amide bonds. The molecule has 1 fully saturated rings. The van der Waals surface area contributed by atoms with Crippen LogP contribution in [0.2, 0.25) is 0 Å². The van der Waals surface area contributed by atoms with E-state index in [-0.39, 0.29) is 5.92 Å². The number of amides is 1. The Kier molecular flexibility index (Phi) is 6.68. The van der Waals surface area contributed by atoms with E-state index in [9.17, 15) is 4.79 Å². The summed E-state index contributed by atoms with van der Waals surface area (Å²) in [6.07, 6.45) is 6.82. The van der Waals surface area contributed by atoms with Crippen LogP contribution in [0.25, 0.3) is 11.3 Å². The lowest BCUT2D eigenvalue weighted by atomic mass is 9.84. The lowest BCUT2D eigenvalue weighted by Crippen LogP contribution is -2.34. The summed E-state index contributed by atoms with van der Waals surface area (Å²) in [5, 5.41) is 8.60. The molecule has 3 aromatic rings. The van der Waals surface area contributed by atoms with Gasteiger partial charge in [0.1, 0.15) is 17.2 Å². The average Bonchev–Trinajstić information content (AvgIpc) is 3.25. The van der Waals surface area contributed by atoms with Crippen molar-refractivity contribution in [2.45, 2.75) is 57.4 Å². The van der Waals surface area contributed by atoms with Gasteiger partial charge in [-0.2, -0.15) is 5.10 Å². The molecule has 2 atom stereocenters. The zero-order chi connectivity index (χ0) is 23.5. The van der Waals surface area contributed by atoms with Crippen molar-refractivity contribution < 1.29 is 9.53 Å². The minimum atomic E-state index is -0.391. The number of hydrogen-bond donors (Lipinski definition) is 2. The number of rotatable bonds is 5. The highest BCUT2D eigenvalue weighted by Crippen LogP contribution is 2.41. The third-order valence-corrected chi connectivity index (χ3v) is 7.40. The van der Waals surface area contributed by atoms with Gasteiger partial charge in [-0.3, -0.25) is 9.48 Å². The van der Waals surface area contributed by atoms with Crippen LogP contribution in [0.5, 0.6) is 11.5 Å². The van der Waals surface area contributed by atoms with E-state index in [0.29, 0.717) is 23.2 Å². The van der Waals surface area contributed by atoms with E-state index in [1.54, 1.807) is 0 Å². The van der Waals surface area contributed by atoms with Crippen molar-refractivity contribution in [3.05, 3.63) is 65.9 Å². The fraction of sp³-hybridized carbons (Fsp3) is 0.429. The minimum Gasteiger partial charge on any atom is -0.457 e. The van der Waals surface area contributed by atoms with Crippen LogP contribution in [0.15, 0.2) is 54.6 Å². The molecule has 178 valence electrons. The number of piperidine rings is 1. The third-order valence-electron chi connectivity index (χ3n) is 7.40. The van der Waals surface area contributed by atoms with Crippen LogP contribution in [0.3, 0.4) is 0 Å². The Morgan fingerprint density at radius 1 is 0.971 bits per heavy atom. The number of nitrogens with two attached hydrogens (primary N) is 1. The molecule has 2 unspecified atom stereocenters. The molecule has 0 aliphatic carbocycles. The molecular formula is C28H34N4O2. The Hall–Kier alpha value is -3.12. The number of ether oxygens (including phenoxy) is 1. The van der Waals surface area contributed by atoms with Gasteiger partial charge < -0.3 is 15.8 Å². The van der Waals surface area contributed by atoms with Crippen LogP contribution < -0.4 is 15.8 Å². The second kappa shape index (κ2) is 10.0. The SMILES string of the molecule is CC1CCCCC(C2CCNCC2)n2nc(-c3ccc(Oc4ccccc4)cc3)c(C(N)=O)c21. The predicted molar refractivity (Wildman–Crippen MR) is 134 cm³/mol. The van der Waals surface area contributed by atoms with Crippen molar-refractivity contribution in [3.63, 3.8) is 0 Å². The summed E-state index contributed by atoms with van der Waals surface area (Å²) >= 11 is 0. The maximum atomic E-state index is 12.8. The van der Waals surface area contributed by atoms with Crippen LogP contribution in [0.1, 0.15) is 73.5 Å². The van der Waals surface area contributed by atoms with Gasteiger partial charge in [-0.15, -0.1) is 0 Å². The highest BCUT2D eigenvalue weighted by molar-refractivity contribution is 6.00. The van der Waals surface area contributed by atoms with Gasteiger partial charge in [0.2, 0.25) is 0 Å².